The van der Waals surface area contributed by atoms with Crippen molar-refractivity contribution in [1.29, 1.82) is 0 Å². The first-order valence-electron chi connectivity index (χ1n) is 5.68. The van der Waals surface area contributed by atoms with Crippen molar-refractivity contribution in [3.63, 3.8) is 0 Å². The summed E-state index contributed by atoms with van der Waals surface area (Å²) in [5.74, 6) is -0.793. The van der Waals surface area contributed by atoms with Gasteiger partial charge in [-0.1, -0.05) is 0 Å². The predicted octanol–water partition coefficient (Wildman–Crippen LogP) is 3.45. The standard InChI is InChI=1S/C12H12F5NO2/c1-3-20-10(19)5-7-6(2)18-9(12(15,16)17)4-8(7)11(13)14/h4,11H,3,5H2,1-2H3. The second-order valence-corrected chi connectivity index (χ2v) is 3.94. The second-order valence-electron chi connectivity index (χ2n) is 3.94. The molecule has 0 spiro atoms. The predicted molar refractivity (Wildman–Crippen MR) is 59.3 cm³/mol. The molecule has 0 aromatic carbocycles. The molecule has 0 fully saturated rings. The Kier molecular flexibility index (Phi) is 5.02. The minimum atomic E-state index is -4.82. The van der Waals surface area contributed by atoms with Gasteiger partial charge in [0, 0.05) is 11.3 Å². The number of halogens is 5. The van der Waals surface area contributed by atoms with Crippen LogP contribution in [0.5, 0.6) is 0 Å². The molecule has 0 aliphatic carbocycles. The van der Waals surface area contributed by atoms with Crippen LogP contribution in [-0.4, -0.2) is 17.6 Å². The van der Waals surface area contributed by atoms with E-state index in [1.807, 2.05) is 0 Å². The van der Waals surface area contributed by atoms with E-state index in [1.54, 1.807) is 0 Å². The average Bonchev–Trinajstić information content (AvgIpc) is 2.30. The summed E-state index contributed by atoms with van der Waals surface area (Å²) in [5.41, 5.74) is -2.74. The van der Waals surface area contributed by atoms with E-state index < -0.39 is 36.2 Å². The van der Waals surface area contributed by atoms with Crippen molar-refractivity contribution in [2.45, 2.75) is 32.9 Å². The topological polar surface area (TPSA) is 39.2 Å². The zero-order chi connectivity index (χ0) is 15.5. The average molecular weight is 297 g/mol. The molecule has 0 saturated heterocycles. The minimum Gasteiger partial charge on any atom is -0.466 e. The second kappa shape index (κ2) is 6.15. The summed E-state index contributed by atoms with van der Waals surface area (Å²) >= 11 is 0. The van der Waals surface area contributed by atoms with E-state index in [4.69, 9.17) is 0 Å². The highest BCUT2D eigenvalue weighted by Gasteiger charge is 2.35. The number of hydrogen-bond donors (Lipinski definition) is 0. The smallest absolute Gasteiger partial charge is 0.433 e. The largest absolute Gasteiger partial charge is 0.466 e. The molecule has 0 atom stereocenters. The van der Waals surface area contributed by atoms with Crippen LogP contribution in [0, 0.1) is 6.92 Å². The van der Waals surface area contributed by atoms with Crippen LogP contribution < -0.4 is 0 Å². The van der Waals surface area contributed by atoms with E-state index in [-0.39, 0.29) is 23.9 Å². The number of aromatic nitrogens is 1. The van der Waals surface area contributed by atoms with Crippen molar-refractivity contribution in [2.24, 2.45) is 0 Å². The van der Waals surface area contributed by atoms with Gasteiger partial charge >= 0.3 is 12.1 Å². The van der Waals surface area contributed by atoms with Crippen molar-refractivity contribution >= 4 is 5.97 Å². The third kappa shape index (κ3) is 3.88. The molecule has 0 N–H and O–H groups in total. The first kappa shape index (κ1) is 16.3. The summed E-state index contributed by atoms with van der Waals surface area (Å²) in [7, 11) is 0. The molecular formula is C12H12F5NO2. The fourth-order valence-electron chi connectivity index (χ4n) is 1.65. The summed E-state index contributed by atoms with van der Waals surface area (Å²) in [6.07, 6.45) is -8.50. The Hall–Kier alpha value is -1.73. The van der Waals surface area contributed by atoms with E-state index in [9.17, 15) is 26.7 Å². The summed E-state index contributed by atoms with van der Waals surface area (Å²) in [4.78, 5) is 14.5. The Morgan fingerprint density at radius 2 is 2.00 bits per heavy atom. The normalized spacial score (nSPS) is 11.8. The van der Waals surface area contributed by atoms with Gasteiger partial charge in [-0.25, -0.2) is 13.8 Å². The molecule has 0 unspecified atom stereocenters. The number of carbonyl (C=O) groups excluding carboxylic acids is 1. The number of ether oxygens (including phenoxy) is 1. The summed E-state index contributed by atoms with van der Waals surface area (Å²) in [5, 5.41) is 0. The molecule has 0 saturated carbocycles. The highest BCUT2D eigenvalue weighted by molar-refractivity contribution is 5.73. The fraction of sp³-hybridized carbons (Fsp3) is 0.500. The first-order chi connectivity index (χ1) is 9.16. The van der Waals surface area contributed by atoms with Crippen LogP contribution in [-0.2, 0) is 22.1 Å². The van der Waals surface area contributed by atoms with E-state index in [0.717, 1.165) is 6.92 Å². The van der Waals surface area contributed by atoms with E-state index >= 15 is 0 Å². The molecule has 1 aromatic rings. The Bertz CT molecular complexity index is 499. The van der Waals surface area contributed by atoms with Crippen LogP contribution in [0.1, 0.15) is 35.9 Å². The molecule has 0 aliphatic rings. The number of hydrogen-bond acceptors (Lipinski definition) is 3. The van der Waals surface area contributed by atoms with Gasteiger partial charge in [0.2, 0.25) is 0 Å². The Labute approximate surface area is 111 Å². The molecule has 0 bridgehead atoms. The molecule has 3 nitrogen and oxygen atoms in total. The maximum atomic E-state index is 12.9. The molecule has 1 rings (SSSR count). The molecule has 0 amide bonds. The van der Waals surface area contributed by atoms with Crippen molar-refractivity contribution < 1.29 is 31.5 Å². The number of pyridine rings is 1. The van der Waals surface area contributed by atoms with Crippen LogP contribution in [0.15, 0.2) is 6.07 Å². The van der Waals surface area contributed by atoms with Gasteiger partial charge in [0.15, 0.2) is 0 Å². The zero-order valence-electron chi connectivity index (χ0n) is 10.7. The van der Waals surface area contributed by atoms with Crippen molar-refractivity contribution in [3.05, 3.63) is 28.6 Å². The van der Waals surface area contributed by atoms with Gasteiger partial charge < -0.3 is 4.74 Å². The molecule has 0 radical (unpaired) electrons. The fourth-order valence-corrected chi connectivity index (χ4v) is 1.65. The summed E-state index contributed by atoms with van der Waals surface area (Å²) < 4.78 is 67.9. The Morgan fingerprint density at radius 3 is 2.45 bits per heavy atom. The van der Waals surface area contributed by atoms with Crippen LogP contribution in [0.3, 0.4) is 0 Å². The molecule has 1 aromatic heterocycles. The summed E-state index contributed by atoms with van der Waals surface area (Å²) in [6.45, 7) is 2.73. The van der Waals surface area contributed by atoms with Gasteiger partial charge in [-0.05, 0) is 25.5 Å². The lowest BCUT2D eigenvalue weighted by Gasteiger charge is -2.14. The highest BCUT2D eigenvalue weighted by atomic mass is 19.4. The number of rotatable bonds is 4. The monoisotopic (exact) mass is 297 g/mol. The van der Waals surface area contributed by atoms with Gasteiger partial charge in [0.1, 0.15) is 5.69 Å². The van der Waals surface area contributed by atoms with E-state index in [2.05, 4.69) is 9.72 Å². The van der Waals surface area contributed by atoms with E-state index in [1.165, 1.54) is 6.92 Å². The number of nitrogens with zero attached hydrogens (tertiary/aromatic N) is 1. The Morgan fingerprint density at radius 1 is 1.40 bits per heavy atom. The van der Waals surface area contributed by atoms with E-state index in [0.29, 0.717) is 0 Å². The molecule has 20 heavy (non-hydrogen) atoms. The lowest BCUT2D eigenvalue weighted by atomic mass is 10.0. The van der Waals surface area contributed by atoms with Crippen molar-refractivity contribution in [3.8, 4) is 0 Å². The highest BCUT2D eigenvalue weighted by Crippen LogP contribution is 2.33. The lowest BCUT2D eigenvalue weighted by Crippen LogP contribution is -2.16. The van der Waals surface area contributed by atoms with Gasteiger partial charge in [-0.2, -0.15) is 13.2 Å². The van der Waals surface area contributed by atoms with Gasteiger partial charge in [-0.15, -0.1) is 0 Å². The zero-order valence-corrected chi connectivity index (χ0v) is 10.7. The van der Waals surface area contributed by atoms with Crippen LogP contribution in [0.2, 0.25) is 0 Å². The minimum absolute atomic E-state index is 0.0515. The van der Waals surface area contributed by atoms with Crippen molar-refractivity contribution in [1.82, 2.24) is 4.98 Å². The first-order valence-corrected chi connectivity index (χ1v) is 5.68. The van der Waals surface area contributed by atoms with Crippen LogP contribution in [0.4, 0.5) is 22.0 Å². The quantitative estimate of drug-likeness (QED) is 0.631. The summed E-state index contributed by atoms with van der Waals surface area (Å²) in [6, 6.07) is 0.270. The van der Waals surface area contributed by atoms with Crippen LogP contribution in [0.25, 0.3) is 0 Å². The maximum Gasteiger partial charge on any atom is 0.433 e. The number of carbonyl (C=O) groups is 1. The number of aryl methyl sites for hydroxylation is 1. The Balaban J connectivity index is 3.27. The van der Waals surface area contributed by atoms with Crippen molar-refractivity contribution in [2.75, 3.05) is 6.61 Å². The van der Waals surface area contributed by atoms with Gasteiger partial charge in [-0.3, -0.25) is 4.79 Å². The molecule has 0 aliphatic heterocycles. The number of esters is 1. The molecule has 112 valence electrons. The molecule has 1 heterocycles. The number of alkyl halides is 5. The third-order valence-corrected chi connectivity index (χ3v) is 2.52. The van der Waals surface area contributed by atoms with Gasteiger partial charge in [0.05, 0.1) is 13.0 Å². The molecule has 8 heteroatoms. The third-order valence-electron chi connectivity index (χ3n) is 2.52. The SMILES string of the molecule is CCOC(=O)Cc1c(C(F)F)cc(C(F)(F)F)nc1C. The maximum absolute atomic E-state index is 12.9. The van der Waals surface area contributed by atoms with Crippen LogP contribution >= 0.6 is 0 Å². The van der Waals surface area contributed by atoms with Gasteiger partial charge in [0.25, 0.3) is 6.43 Å². The lowest BCUT2D eigenvalue weighted by molar-refractivity contribution is -0.142. The molecular weight excluding hydrogens is 285 g/mol.